The molecule has 31 heavy (non-hydrogen) atoms. The lowest BCUT2D eigenvalue weighted by molar-refractivity contribution is 0.242. The van der Waals surface area contributed by atoms with Crippen LogP contribution in [-0.4, -0.2) is 34.5 Å². The zero-order valence-electron chi connectivity index (χ0n) is 17.2. The van der Waals surface area contributed by atoms with Crippen LogP contribution < -0.4 is 9.46 Å². The molecule has 0 bridgehead atoms. The van der Waals surface area contributed by atoms with Crippen molar-refractivity contribution < 1.29 is 21.6 Å². The smallest absolute Gasteiger partial charge is 0.240 e. The summed E-state index contributed by atoms with van der Waals surface area (Å²) in [5, 5.41) is -1.14. The van der Waals surface area contributed by atoms with Gasteiger partial charge >= 0.3 is 0 Å². The third kappa shape index (κ3) is 5.69. The quantitative estimate of drug-likeness (QED) is 0.525. The SMILES string of the molecule is CC(C)Oc1ccc(S(=O)(=O)NCC(c2cccnc2)S(=O)(=O)c2ccccc2)cc1. The maximum Gasteiger partial charge on any atom is 0.240 e. The summed E-state index contributed by atoms with van der Waals surface area (Å²) in [6.07, 6.45) is 2.92. The standard InChI is InChI=1S/C22H24N2O5S2/c1-17(2)29-19-10-12-21(13-11-19)31(27,28)24-16-22(18-7-6-14-23-15-18)30(25,26)20-8-4-3-5-9-20/h3-15,17,22,24H,16H2,1-2H3. The molecule has 0 radical (unpaired) electrons. The summed E-state index contributed by atoms with van der Waals surface area (Å²) in [5.74, 6) is 0.550. The number of nitrogens with one attached hydrogen (secondary N) is 1. The van der Waals surface area contributed by atoms with E-state index in [1.54, 1.807) is 42.5 Å². The summed E-state index contributed by atoms with van der Waals surface area (Å²) in [6.45, 7) is 3.41. The highest BCUT2D eigenvalue weighted by atomic mass is 32.2. The summed E-state index contributed by atoms with van der Waals surface area (Å²) in [7, 11) is -7.81. The second kappa shape index (κ2) is 9.59. The molecule has 0 aliphatic carbocycles. The first-order valence-corrected chi connectivity index (χ1v) is 12.7. The van der Waals surface area contributed by atoms with Gasteiger partial charge in [-0.15, -0.1) is 0 Å². The lowest BCUT2D eigenvalue weighted by Crippen LogP contribution is -2.32. The molecule has 9 heteroatoms. The summed E-state index contributed by atoms with van der Waals surface area (Å²) in [6, 6.07) is 17.1. The van der Waals surface area contributed by atoms with Gasteiger partial charge < -0.3 is 4.74 Å². The van der Waals surface area contributed by atoms with Crippen molar-refractivity contribution in [1.29, 1.82) is 0 Å². The largest absolute Gasteiger partial charge is 0.491 e. The molecule has 0 fully saturated rings. The van der Waals surface area contributed by atoms with Gasteiger partial charge in [-0.05, 0) is 61.9 Å². The van der Waals surface area contributed by atoms with E-state index in [-0.39, 0.29) is 22.4 Å². The molecule has 1 heterocycles. The highest BCUT2D eigenvalue weighted by Crippen LogP contribution is 2.28. The number of nitrogens with zero attached hydrogens (tertiary/aromatic N) is 1. The van der Waals surface area contributed by atoms with Gasteiger partial charge in [-0.3, -0.25) is 4.98 Å². The van der Waals surface area contributed by atoms with Gasteiger partial charge in [-0.1, -0.05) is 24.3 Å². The summed E-state index contributed by atoms with van der Waals surface area (Å²) < 4.78 is 60.1. The zero-order chi connectivity index (χ0) is 22.5. The van der Waals surface area contributed by atoms with Crippen LogP contribution in [0.25, 0.3) is 0 Å². The molecule has 1 aromatic heterocycles. The van der Waals surface area contributed by atoms with E-state index in [4.69, 9.17) is 4.74 Å². The Kier molecular flexibility index (Phi) is 7.09. The van der Waals surface area contributed by atoms with Crippen LogP contribution in [0.4, 0.5) is 0 Å². The summed E-state index contributed by atoms with van der Waals surface area (Å²) >= 11 is 0. The Hall–Kier alpha value is -2.75. The van der Waals surface area contributed by atoms with E-state index >= 15 is 0 Å². The van der Waals surface area contributed by atoms with Crippen LogP contribution in [0, 0.1) is 0 Å². The Balaban J connectivity index is 1.87. The molecule has 0 spiro atoms. The number of hydrogen-bond acceptors (Lipinski definition) is 6. The van der Waals surface area contributed by atoms with Crippen LogP contribution in [0.3, 0.4) is 0 Å². The molecule has 0 aliphatic heterocycles. The lowest BCUT2D eigenvalue weighted by atomic mass is 10.2. The van der Waals surface area contributed by atoms with Gasteiger partial charge in [0.15, 0.2) is 9.84 Å². The number of sulfone groups is 1. The normalized spacial score (nSPS) is 13.1. The van der Waals surface area contributed by atoms with Crippen molar-refractivity contribution in [3.8, 4) is 5.75 Å². The predicted molar refractivity (Wildman–Crippen MR) is 118 cm³/mol. The zero-order valence-corrected chi connectivity index (χ0v) is 18.8. The van der Waals surface area contributed by atoms with E-state index in [2.05, 4.69) is 9.71 Å². The third-order valence-corrected chi connectivity index (χ3v) is 8.02. The van der Waals surface area contributed by atoms with Gasteiger partial charge in [0.25, 0.3) is 0 Å². The number of ether oxygens (including phenoxy) is 1. The highest BCUT2D eigenvalue weighted by molar-refractivity contribution is 7.92. The maximum absolute atomic E-state index is 13.3. The minimum atomic E-state index is -3.94. The minimum Gasteiger partial charge on any atom is -0.491 e. The highest BCUT2D eigenvalue weighted by Gasteiger charge is 2.31. The fourth-order valence-corrected chi connectivity index (χ4v) is 5.80. The number of hydrogen-bond donors (Lipinski definition) is 1. The molecule has 164 valence electrons. The van der Waals surface area contributed by atoms with E-state index < -0.39 is 25.1 Å². The first-order chi connectivity index (χ1) is 14.7. The first-order valence-electron chi connectivity index (χ1n) is 9.65. The Bertz CT molecular complexity index is 1200. The van der Waals surface area contributed by atoms with Gasteiger partial charge in [0.05, 0.1) is 15.9 Å². The topological polar surface area (TPSA) is 102 Å². The Morgan fingerprint density at radius 1 is 0.871 bits per heavy atom. The Morgan fingerprint density at radius 2 is 1.55 bits per heavy atom. The number of rotatable bonds is 9. The second-order valence-corrected chi connectivity index (χ2v) is 11.0. The number of pyridine rings is 1. The average molecular weight is 461 g/mol. The fraction of sp³-hybridized carbons (Fsp3) is 0.227. The molecular weight excluding hydrogens is 436 g/mol. The average Bonchev–Trinajstić information content (AvgIpc) is 2.75. The molecule has 0 saturated carbocycles. The molecule has 2 aromatic carbocycles. The fourth-order valence-electron chi connectivity index (χ4n) is 2.99. The van der Waals surface area contributed by atoms with Gasteiger partial charge in [0.2, 0.25) is 10.0 Å². The van der Waals surface area contributed by atoms with Crippen LogP contribution in [-0.2, 0) is 19.9 Å². The van der Waals surface area contributed by atoms with E-state index in [9.17, 15) is 16.8 Å². The van der Waals surface area contributed by atoms with E-state index in [0.717, 1.165) is 0 Å². The molecule has 1 N–H and O–H groups in total. The Morgan fingerprint density at radius 3 is 2.13 bits per heavy atom. The molecule has 0 saturated heterocycles. The maximum atomic E-state index is 13.3. The summed E-state index contributed by atoms with van der Waals surface area (Å²) in [4.78, 5) is 4.12. The molecule has 1 unspecified atom stereocenters. The van der Waals surface area contributed by atoms with Crippen molar-refractivity contribution in [1.82, 2.24) is 9.71 Å². The molecule has 0 aliphatic rings. The minimum absolute atomic E-state index is 0.0191. The Labute approximate surface area is 183 Å². The second-order valence-electron chi connectivity index (χ2n) is 7.12. The van der Waals surface area contributed by atoms with Crippen LogP contribution in [0.2, 0.25) is 0 Å². The summed E-state index contributed by atoms with van der Waals surface area (Å²) in [5.41, 5.74) is 0.398. The third-order valence-electron chi connectivity index (χ3n) is 4.47. The van der Waals surface area contributed by atoms with Gasteiger partial charge in [0.1, 0.15) is 11.0 Å². The van der Waals surface area contributed by atoms with Crippen molar-refractivity contribution in [2.24, 2.45) is 0 Å². The number of sulfonamides is 1. The molecule has 1 atom stereocenters. The number of benzene rings is 2. The lowest BCUT2D eigenvalue weighted by Gasteiger charge is -2.19. The monoisotopic (exact) mass is 460 g/mol. The molecule has 0 amide bonds. The predicted octanol–water partition coefficient (Wildman–Crippen LogP) is 3.36. The van der Waals surface area contributed by atoms with E-state index in [0.29, 0.717) is 11.3 Å². The van der Waals surface area contributed by atoms with Crippen molar-refractivity contribution >= 4 is 19.9 Å². The molecule has 7 nitrogen and oxygen atoms in total. The van der Waals surface area contributed by atoms with Gasteiger partial charge in [-0.25, -0.2) is 21.6 Å². The molecule has 3 rings (SSSR count). The van der Waals surface area contributed by atoms with Crippen molar-refractivity contribution in [3.63, 3.8) is 0 Å². The van der Waals surface area contributed by atoms with Gasteiger partial charge in [-0.2, -0.15) is 0 Å². The van der Waals surface area contributed by atoms with Crippen molar-refractivity contribution in [2.45, 2.75) is 35.0 Å². The van der Waals surface area contributed by atoms with Crippen LogP contribution in [0.1, 0.15) is 24.7 Å². The first kappa shape index (κ1) is 22.9. The van der Waals surface area contributed by atoms with Gasteiger partial charge in [0, 0.05) is 18.9 Å². The van der Waals surface area contributed by atoms with Crippen LogP contribution in [0.15, 0.2) is 88.9 Å². The van der Waals surface area contributed by atoms with Crippen LogP contribution >= 0.6 is 0 Å². The van der Waals surface area contributed by atoms with Crippen LogP contribution in [0.5, 0.6) is 5.75 Å². The van der Waals surface area contributed by atoms with E-state index in [1.165, 1.54) is 36.7 Å². The number of aromatic nitrogens is 1. The molecular formula is C22H24N2O5S2. The van der Waals surface area contributed by atoms with E-state index in [1.807, 2.05) is 13.8 Å². The van der Waals surface area contributed by atoms with Crippen molar-refractivity contribution in [2.75, 3.05) is 6.54 Å². The molecule has 3 aromatic rings. The van der Waals surface area contributed by atoms with Crippen molar-refractivity contribution in [3.05, 3.63) is 84.7 Å².